The van der Waals surface area contributed by atoms with Crippen molar-refractivity contribution in [2.24, 2.45) is 5.92 Å². The number of hydrogen-bond acceptors (Lipinski definition) is 5. The van der Waals surface area contributed by atoms with Gasteiger partial charge < -0.3 is 0 Å². The molecule has 1 aromatic rings. The number of amides is 2. The first-order chi connectivity index (χ1) is 9.85. The molecule has 6 nitrogen and oxygen atoms in total. The van der Waals surface area contributed by atoms with Crippen molar-refractivity contribution in [2.45, 2.75) is 6.42 Å². The Bertz CT molecular complexity index is 681. The van der Waals surface area contributed by atoms with Gasteiger partial charge in [-0.3, -0.25) is 20.4 Å². The molecule has 1 aliphatic heterocycles. The summed E-state index contributed by atoms with van der Waals surface area (Å²) < 4.78 is 23.5. The molecule has 1 aliphatic rings. The predicted molar refractivity (Wildman–Crippen MR) is 84.1 cm³/mol. The third-order valence-electron chi connectivity index (χ3n) is 2.91. The molecule has 9 heteroatoms. The Morgan fingerprint density at radius 2 is 2.10 bits per heavy atom. The zero-order valence-corrected chi connectivity index (χ0v) is 14.1. The molecule has 21 heavy (non-hydrogen) atoms. The molecule has 114 valence electrons. The lowest BCUT2D eigenvalue weighted by molar-refractivity contribution is -0.129. The summed E-state index contributed by atoms with van der Waals surface area (Å²) in [6, 6.07) is 3.71. The Morgan fingerprint density at radius 1 is 1.33 bits per heavy atom. The fourth-order valence-electron chi connectivity index (χ4n) is 1.84. The van der Waals surface area contributed by atoms with Gasteiger partial charge in [0.1, 0.15) is 0 Å². The van der Waals surface area contributed by atoms with Crippen LogP contribution >= 0.6 is 27.3 Å². The molecule has 0 spiro atoms. The first-order valence-corrected chi connectivity index (χ1v) is 9.52. The molecule has 2 amide bonds. The summed E-state index contributed by atoms with van der Waals surface area (Å²) in [5, 5.41) is 0. The minimum absolute atomic E-state index is 0.0200. The topological polar surface area (TPSA) is 92.3 Å². The first-order valence-electron chi connectivity index (χ1n) is 6.09. The molecule has 0 saturated carbocycles. The van der Waals surface area contributed by atoms with E-state index in [9.17, 15) is 18.0 Å². The highest BCUT2D eigenvalue weighted by Crippen LogP contribution is 2.22. The van der Waals surface area contributed by atoms with Crippen molar-refractivity contribution >= 4 is 55.0 Å². The lowest BCUT2D eigenvalue weighted by Crippen LogP contribution is -2.44. The van der Waals surface area contributed by atoms with Crippen LogP contribution in [-0.2, 0) is 19.4 Å². The third kappa shape index (κ3) is 4.94. The van der Waals surface area contributed by atoms with Crippen LogP contribution in [0, 0.1) is 5.92 Å². The van der Waals surface area contributed by atoms with Gasteiger partial charge in [0, 0.05) is 11.0 Å². The average Bonchev–Trinajstić information content (AvgIpc) is 2.99. The van der Waals surface area contributed by atoms with Crippen molar-refractivity contribution in [3.05, 3.63) is 26.9 Å². The summed E-state index contributed by atoms with van der Waals surface area (Å²) in [4.78, 5) is 24.1. The Balaban J connectivity index is 1.79. The van der Waals surface area contributed by atoms with E-state index in [1.807, 2.05) is 12.1 Å². The standard InChI is InChI=1S/C12H13BrN2O4S2/c13-10-3-1-9(20-10)2-4-11(16)14-15-12(17)8-5-6-21(18,19)7-8/h1-4,8H,5-7H2,(H,14,16)(H,15,17)/b4-2+/t8-/m0/s1. The number of nitrogens with one attached hydrogen (secondary N) is 2. The number of hydrogen-bond donors (Lipinski definition) is 2. The first kappa shape index (κ1) is 16.2. The minimum Gasteiger partial charge on any atom is -0.273 e. The van der Waals surface area contributed by atoms with Crippen LogP contribution in [-0.4, -0.2) is 31.7 Å². The molecular formula is C12H13BrN2O4S2. The van der Waals surface area contributed by atoms with Gasteiger partial charge in [0.05, 0.1) is 21.2 Å². The van der Waals surface area contributed by atoms with Crippen LogP contribution in [0.2, 0.25) is 0 Å². The Morgan fingerprint density at radius 3 is 2.67 bits per heavy atom. The maximum atomic E-state index is 11.7. The maximum absolute atomic E-state index is 11.7. The largest absolute Gasteiger partial charge is 0.273 e. The number of carbonyl (C=O) groups is 2. The monoisotopic (exact) mass is 392 g/mol. The molecule has 0 bridgehead atoms. The van der Waals surface area contributed by atoms with Gasteiger partial charge in [-0.1, -0.05) is 0 Å². The lowest BCUT2D eigenvalue weighted by atomic mass is 10.1. The second-order valence-corrected chi connectivity index (χ2v) is 9.28. The highest BCUT2D eigenvalue weighted by atomic mass is 79.9. The SMILES string of the molecule is O=C(/C=C/c1ccc(Br)s1)NNC(=O)[C@H]1CCS(=O)(=O)C1. The summed E-state index contributed by atoms with van der Waals surface area (Å²) in [5.74, 6) is -1.68. The van der Waals surface area contributed by atoms with Gasteiger partial charge in [0.25, 0.3) is 5.91 Å². The molecule has 1 fully saturated rings. The van der Waals surface area contributed by atoms with Gasteiger partial charge >= 0.3 is 0 Å². The number of carbonyl (C=O) groups excluding carboxylic acids is 2. The lowest BCUT2D eigenvalue weighted by Gasteiger charge is -2.09. The minimum atomic E-state index is -3.11. The van der Waals surface area contributed by atoms with Crippen molar-refractivity contribution < 1.29 is 18.0 Å². The number of halogens is 1. The molecule has 1 aromatic heterocycles. The number of rotatable bonds is 3. The zero-order chi connectivity index (χ0) is 15.5. The van der Waals surface area contributed by atoms with Crippen molar-refractivity contribution in [2.75, 3.05) is 11.5 Å². The van der Waals surface area contributed by atoms with Gasteiger partial charge in [0.2, 0.25) is 5.91 Å². The fourth-order valence-corrected chi connectivity index (χ4v) is 4.91. The molecule has 2 rings (SSSR count). The van der Waals surface area contributed by atoms with E-state index in [0.29, 0.717) is 6.42 Å². The molecule has 2 heterocycles. The van der Waals surface area contributed by atoms with Crippen molar-refractivity contribution in [3.8, 4) is 0 Å². The smallest absolute Gasteiger partial charge is 0.262 e. The summed E-state index contributed by atoms with van der Waals surface area (Å²) in [5.41, 5.74) is 4.48. The van der Waals surface area contributed by atoms with E-state index in [2.05, 4.69) is 26.8 Å². The maximum Gasteiger partial charge on any atom is 0.262 e. The van der Waals surface area contributed by atoms with E-state index in [1.54, 1.807) is 6.08 Å². The number of sulfone groups is 1. The third-order valence-corrected chi connectivity index (χ3v) is 6.26. The van der Waals surface area contributed by atoms with Crippen molar-refractivity contribution in [1.82, 2.24) is 10.9 Å². The molecule has 0 radical (unpaired) electrons. The second-order valence-electron chi connectivity index (χ2n) is 4.55. The highest BCUT2D eigenvalue weighted by molar-refractivity contribution is 9.11. The molecular weight excluding hydrogens is 380 g/mol. The van der Waals surface area contributed by atoms with Crippen LogP contribution in [0.15, 0.2) is 22.0 Å². The number of thiophene rings is 1. The van der Waals surface area contributed by atoms with Crippen LogP contribution in [0.3, 0.4) is 0 Å². The van der Waals surface area contributed by atoms with Crippen LogP contribution in [0.25, 0.3) is 6.08 Å². The zero-order valence-electron chi connectivity index (χ0n) is 10.8. The Kier molecular flexibility index (Phi) is 5.17. The van der Waals surface area contributed by atoms with Crippen molar-refractivity contribution in [1.29, 1.82) is 0 Å². The van der Waals surface area contributed by atoms with E-state index in [0.717, 1.165) is 8.66 Å². The van der Waals surface area contributed by atoms with E-state index >= 15 is 0 Å². The van der Waals surface area contributed by atoms with E-state index in [1.165, 1.54) is 17.4 Å². The van der Waals surface area contributed by atoms with Gasteiger partial charge in [-0.25, -0.2) is 8.42 Å². The summed E-state index contributed by atoms with van der Waals surface area (Å²) in [7, 11) is -3.11. The van der Waals surface area contributed by atoms with Crippen molar-refractivity contribution in [3.63, 3.8) is 0 Å². The molecule has 0 unspecified atom stereocenters. The van der Waals surface area contributed by atoms with Crippen LogP contribution in [0.4, 0.5) is 0 Å². The molecule has 0 aliphatic carbocycles. The quantitative estimate of drug-likeness (QED) is 0.595. The van der Waals surface area contributed by atoms with Crippen LogP contribution in [0.1, 0.15) is 11.3 Å². The van der Waals surface area contributed by atoms with Gasteiger partial charge in [-0.05, 0) is 40.6 Å². The second kappa shape index (κ2) is 6.71. The number of hydrazine groups is 1. The molecule has 1 saturated heterocycles. The summed E-state index contributed by atoms with van der Waals surface area (Å²) in [6.45, 7) is 0. The summed E-state index contributed by atoms with van der Waals surface area (Å²) >= 11 is 4.78. The Hall–Kier alpha value is -1.19. The highest BCUT2D eigenvalue weighted by Gasteiger charge is 2.32. The average molecular weight is 393 g/mol. The Labute approximate surface area is 134 Å². The summed E-state index contributed by atoms with van der Waals surface area (Å²) in [6.07, 6.45) is 3.21. The van der Waals surface area contributed by atoms with Gasteiger partial charge in [-0.15, -0.1) is 11.3 Å². The van der Waals surface area contributed by atoms with Gasteiger partial charge in [0.15, 0.2) is 9.84 Å². The van der Waals surface area contributed by atoms with E-state index < -0.39 is 27.6 Å². The molecule has 1 atom stereocenters. The molecule has 2 N–H and O–H groups in total. The van der Waals surface area contributed by atoms with E-state index in [4.69, 9.17) is 0 Å². The molecule has 0 aromatic carbocycles. The van der Waals surface area contributed by atoms with Gasteiger partial charge in [-0.2, -0.15) is 0 Å². The normalized spacial score (nSPS) is 20.5. The van der Waals surface area contributed by atoms with Crippen LogP contribution in [0.5, 0.6) is 0 Å². The fraction of sp³-hybridized carbons (Fsp3) is 0.333. The van der Waals surface area contributed by atoms with E-state index in [-0.39, 0.29) is 11.5 Å². The predicted octanol–water partition coefficient (Wildman–Crippen LogP) is 1.11. The van der Waals surface area contributed by atoms with Crippen LogP contribution < -0.4 is 10.9 Å².